The normalized spacial score (nSPS) is 23.5. The molecule has 2 rings (SSSR count). The Labute approximate surface area is 126 Å². The smallest absolute Gasteiger partial charge is 0.309 e. The molecule has 3 N–H and O–H groups in total. The van der Waals surface area contributed by atoms with E-state index in [0.29, 0.717) is 32.5 Å². The number of hydrogen-bond acceptors (Lipinski definition) is 5. The van der Waals surface area contributed by atoms with Gasteiger partial charge in [-0.25, -0.2) is 4.72 Å². The van der Waals surface area contributed by atoms with Crippen LogP contribution in [-0.4, -0.2) is 50.5 Å². The Bertz CT molecular complexity index is 468. The average molecular weight is 319 g/mol. The molecule has 0 unspecified atom stereocenters. The van der Waals surface area contributed by atoms with Crippen molar-refractivity contribution in [3.05, 3.63) is 0 Å². The highest BCUT2D eigenvalue weighted by molar-refractivity contribution is 7.87. The van der Waals surface area contributed by atoms with Crippen LogP contribution >= 0.6 is 0 Å². The van der Waals surface area contributed by atoms with Gasteiger partial charge in [0.05, 0.1) is 12.5 Å². The summed E-state index contributed by atoms with van der Waals surface area (Å²) in [6.07, 6.45) is 3.80. The van der Waals surface area contributed by atoms with Crippen molar-refractivity contribution in [3.63, 3.8) is 0 Å². The summed E-state index contributed by atoms with van der Waals surface area (Å²) < 4.78 is 33.4. The van der Waals surface area contributed by atoms with Crippen molar-refractivity contribution in [2.75, 3.05) is 26.2 Å². The SMILES string of the molecule is CCOC(=O)C1CCN(S(=O)(=O)NCC2(N)CCC2)CC1. The number of carbonyl (C=O) groups excluding carboxylic acids is 1. The number of nitrogens with one attached hydrogen (secondary N) is 1. The van der Waals surface area contributed by atoms with E-state index in [9.17, 15) is 13.2 Å². The van der Waals surface area contributed by atoms with Gasteiger partial charge in [-0.05, 0) is 39.0 Å². The van der Waals surface area contributed by atoms with Crippen LogP contribution in [0.4, 0.5) is 0 Å². The first-order chi connectivity index (χ1) is 9.86. The topological polar surface area (TPSA) is 102 Å². The molecule has 0 bridgehead atoms. The lowest BCUT2D eigenvalue weighted by molar-refractivity contribution is -0.149. The molecule has 2 fully saturated rings. The molecule has 8 heteroatoms. The lowest BCUT2D eigenvalue weighted by Crippen LogP contribution is -2.57. The van der Waals surface area contributed by atoms with Crippen LogP contribution in [0.2, 0.25) is 0 Å². The fraction of sp³-hybridized carbons (Fsp3) is 0.923. The first-order valence-electron chi connectivity index (χ1n) is 7.56. The quantitative estimate of drug-likeness (QED) is 0.670. The number of piperidine rings is 1. The lowest BCUT2D eigenvalue weighted by Gasteiger charge is -2.39. The molecule has 0 aromatic carbocycles. The monoisotopic (exact) mass is 319 g/mol. The molecule has 0 spiro atoms. The molecule has 21 heavy (non-hydrogen) atoms. The summed E-state index contributed by atoms with van der Waals surface area (Å²) in [5.41, 5.74) is 5.65. The Kier molecular flexibility index (Phi) is 5.24. The predicted octanol–water partition coefficient (Wildman–Crippen LogP) is -0.0227. The zero-order chi connectivity index (χ0) is 15.5. The molecule has 1 heterocycles. The highest BCUT2D eigenvalue weighted by atomic mass is 32.2. The summed E-state index contributed by atoms with van der Waals surface area (Å²) in [4.78, 5) is 11.6. The fourth-order valence-electron chi connectivity index (χ4n) is 2.73. The van der Waals surface area contributed by atoms with E-state index >= 15 is 0 Å². The zero-order valence-corrected chi connectivity index (χ0v) is 13.3. The van der Waals surface area contributed by atoms with E-state index in [-0.39, 0.29) is 24.0 Å². The minimum absolute atomic E-state index is 0.191. The number of ether oxygens (including phenoxy) is 1. The molecule has 122 valence electrons. The molecule has 1 aliphatic heterocycles. The van der Waals surface area contributed by atoms with E-state index in [1.807, 2.05) is 0 Å². The molecule has 0 atom stereocenters. The van der Waals surface area contributed by atoms with Crippen molar-refractivity contribution in [2.24, 2.45) is 11.7 Å². The summed E-state index contributed by atoms with van der Waals surface area (Å²) in [5, 5.41) is 0. The van der Waals surface area contributed by atoms with Crippen molar-refractivity contribution in [2.45, 2.75) is 44.6 Å². The van der Waals surface area contributed by atoms with Gasteiger partial charge in [0.25, 0.3) is 10.2 Å². The summed E-state index contributed by atoms with van der Waals surface area (Å²) in [6, 6.07) is 0. The maximum Gasteiger partial charge on any atom is 0.309 e. The second-order valence-electron chi connectivity index (χ2n) is 5.97. The molecule has 1 aliphatic carbocycles. The number of nitrogens with two attached hydrogens (primary N) is 1. The molecular formula is C13H25N3O4S. The maximum absolute atomic E-state index is 12.2. The molecule has 1 saturated carbocycles. The number of carbonyl (C=O) groups is 1. The van der Waals surface area contributed by atoms with E-state index in [2.05, 4.69) is 4.72 Å². The highest BCUT2D eigenvalue weighted by Gasteiger charge is 2.36. The van der Waals surface area contributed by atoms with Crippen LogP contribution < -0.4 is 10.5 Å². The Morgan fingerprint density at radius 1 is 1.38 bits per heavy atom. The van der Waals surface area contributed by atoms with Gasteiger partial charge < -0.3 is 10.5 Å². The molecule has 0 amide bonds. The molecule has 2 aliphatic rings. The summed E-state index contributed by atoms with van der Waals surface area (Å²) in [6.45, 7) is 3.10. The minimum Gasteiger partial charge on any atom is -0.466 e. The predicted molar refractivity (Wildman–Crippen MR) is 78.6 cm³/mol. The van der Waals surface area contributed by atoms with Gasteiger partial charge in [-0.3, -0.25) is 4.79 Å². The summed E-state index contributed by atoms with van der Waals surface area (Å²) in [5.74, 6) is -0.415. The van der Waals surface area contributed by atoms with E-state index < -0.39 is 10.2 Å². The summed E-state index contributed by atoms with van der Waals surface area (Å²) >= 11 is 0. The third-order valence-corrected chi connectivity index (χ3v) is 5.92. The Balaban J connectivity index is 1.81. The Morgan fingerprint density at radius 2 is 2.00 bits per heavy atom. The van der Waals surface area contributed by atoms with Crippen LogP contribution in [0, 0.1) is 5.92 Å². The molecule has 0 radical (unpaired) electrons. The van der Waals surface area contributed by atoms with Crippen molar-refractivity contribution >= 4 is 16.2 Å². The van der Waals surface area contributed by atoms with E-state index in [4.69, 9.17) is 10.5 Å². The third kappa shape index (κ3) is 4.15. The van der Waals surface area contributed by atoms with Crippen LogP contribution in [0.5, 0.6) is 0 Å². The van der Waals surface area contributed by atoms with Crippen LogP contribution in [-0.2, 0) is 19.7 Å². The van der Waals surface area contributed by atoms with Gasteiger partial charge in [0.15, 0.2) is 0 Å². The number of nitrogens with zero attached hydrogens (tertiary/aromatic N) is 1. The van der Waals surface area contributed by atoms with Gasteiger partial charge in [-0.15, -0.1) is 0 Å². The van der Waals surface area contributed by atoms with E-state index in [0.717, 1.165) is 19.3 Å². The van der Waals surface area contributed by atoms with Crippen LogP contribution in [0.3, 0.4) is 0 Å². The van der Waals surface area contributed by atoms with Gasteiger partial charge in [0.2, 0.25) is 0 Å². The molecule has 0 aromatic rings. The van der Waals surface area contributed by atoms with Crippen LogP contribution in [0.1, 0.15) is 39.0 Å². The van der Waals surface area contributed by atoms with Gasteiger partial charge in [0, 0.05) is 25.2 Å². The zero-order valence-electron chi connectivity index (χ0n) is 12.5. The van der Waals surface area contributed by atoms with Crippen LogP contribution in [0.25, 0.3) is 0 Å². The summed E-state index contributed by atoms with van der Waals surface area (Å²) in [7, 11) is -3.50. The lowest BCUT2D eigenvalue weighted by atomic mass is 9.78. The first-order valence-corrected chi connectivity index (χ1v) is 9.00. The standard InChI is InChI=1S/C13H25N3O4S/c1-2-20-12(17)11-4-8-16(9-5-11)21(18,19)15-10-13(14)6-3-7-13/h11,15H,2-10,14H2,1H3. The van der Waals surface area contributed by atoms with Gasteiger partial charge >= 0.3 is 5.97 Å². The number of esters is 1. The van der Waals surface area contributed by atoms with Gasteiger partial charge in [-0.1, -0.05) is 0 Å². The van der Waals surface area contributed by atoms with Crippen LogP contribution in [0.15, 0.2) is 0 Å². The van der Waals surface area contributed by atoms with Gasteiger partial charge in [-0.2, -0.15) is 12.7 Å². The number of rotatable bonds is 6. The first kappa shape index (κ1) is 16.7. The molecule has 7 nitrogen and oxygen atoms in total. The number of hydrogen-bond donors (Lipinski definition) is 2. The molecule has 1 saturated heterocycles. The average Bonchev–Trinajstić information content (AvgIpc) is 2.43. The van der Waals surface area contributed by atoms with Gasteiger partial charge in [0.1, 0.15) is 0 Å². The fourth-order valence-corrected chi connectivity index (χ4v) is 4.07. The van der Waals surface area contributed by atoms with Crippen molar-refractivity contribution in [1.82, 2.24) is 9.03 Å². The minimum atomic E-state index is -3.50. The second-order valence-corrected chi connectivity index (χ2v) is 7.72. The molecule has 0 aromatic heterocycles. The highest BCUT2D eigenvalue weighted by Crippen LogP contribution is 2.28. The van der Waals surface area contributed by atoms with E-state index in [1.54, 1.807) is 6.92 Å². The van der Waals surface area contributed by atoms with E-state index in [1.165, 1.54) is 4.31 Å². The third-order valence-electron chi connectivity index (χ3n) is 4.37. The van der Waals surface area contributed by atoms with Crippen molar-refractivity contribution < 1.29 is 17.9 Å². The van der Waals surface area contributed by atoms with Crippen molar-refractivity contribution in [3.8, 4) is 0 Å². The molecular weight excluding hydrogens is 294 g/mol. The largest absolute Gasteiger partial charge is 0.466 e. The van der Waals surface area contributed by atoms with Crippen molar-refractivity contribution in [1.29, 1.82) is 0 Å². The Hall–Kier alpha value is -0.700. The maximum atomic E-state index is 12.2. The Morgan fingerprint density at radius 3 is 2.48 bits per heavy atom. The second kappa shape index (κ2) is 6.60.